The summed E-state index contributed by atoms with van der Waals surface area (Å²) in [4.78, 5) is 32.4. The summed E-state index contributed by atoms with van der Waals surface area (Å²) in [6.07, 6.45) is 3.79. The third-order valence-corrected chi connectivity index (χ3v) is 5.94. The Labute approximate surface area is 198 Å². The zero-order valence-electron chi connectivity index (χ0n) is 18.1. The number of aliphatic imine (C=N–C) groups is 1. The van der Waals surface area contributed by atoms with Gasteiger partial charge in [-0.2, -0.15) is 10.2 Å². The summed E-state index contributed by atoms with van der Waals surface area (Å²) in [5.74, 6) is -0.0498. The van der Waals surface area contributed by atoms with Gasteiger partial charge in [-0.25, -0.2) is 20.2 Å². The average molecular weight is 473 g/mol. The SMILES string of the molecule is CC1CC(=O)NN=C1c1ccc(NC(=O)Nc2ccc3c(C=Nc4nccs4)[nH]nc3c2)cc1. The molecule has 0 fully saturated rings. The van der Waals surface area contributed by atoms with Crippen molar-refractivity contribution in [3.05, 3.63) is 65.3 Å². The summed E-state index contributed by atoms with van der Waals surface area (Å²) < 4.78 is 0. The van der Waals surface area contributed by atoms with Crippen LogP contribution in [0.5, 0.6) is 0 Å². The van der Waals surface area contributed by atoms with Gasteiger partial charge < -0.3 is 10.6 Å². The van der Waals surface area contributed by atoms with Crippen LogP contribution < -0.4 is 16.1 Å². The van der Waals surface area contributed by atoms with Gasteiger partial charge in [0.25, 0.3) is 0 Å². The van der Waals surface area contributed by atoms with Crippen molar-refractivity contribution >= 4 is 62.6 Å². The van der Waals surface area contributed by atoms with E-state index in [0.717, 1.165) is 22.4 Å². The van der Waals surface area contributed by atoms with Crippen LogP contribution in [0.1, 0.15) is 24.6 Å². The number of anilines is 2. The van der Waals surface area contributed by atoms with E-state index in [1.165, 1.54) is 11.3 Å². The lowest BCUT2D eigenvalue weighted by atomic mass is 9.94. The quantitative estimate of drug-likeness (QED) is 0.322. The van der Waals surface area contributed by atoms with Gasteiger partial charge in [0.2, 0.25) is 11.0 Å². The Morgan fingerprint density at radius 3 is 2.74 bits per heavy atom. The summed E-state index contributed by atoms with van der Waals surface area (Å²) >= 11 is 1.45. The summed E-state index contributed by atoms with van der Waals surface area (Å²) in [7, 11) is 0. The molecule has 2 aromatic carbocycles. The van der Waals surface area contributed by atoms with E-state index in [9.17, 15) is 9.59 Å². The Hall–Kier alpha value is -4.38. The number of carbonyl (C=O) groups is 2. The molecule has 4 aromatic rings. The number of carbonyl (C=O) groups excluding carboxylic acids is 2. The maximum Gasteiger partial charge on any atom is 0.323 e. The lowest BCUT2D eigenvalue weighted by molar-refractivity contribution is -0.121. The van der Waals surface area contributed by atoms with Crippen LogP contribution in [0.3, 0.4) is 0 Å². The van der Waals surface area contributed by atoms with Crippen molar-refractivity contribution in [2.45, 2.75) is 13.3 Å². The van der Waals surface area contributed by atoms with Gasteiger partial charge in [0, 0.05) is 40.7 Å². The lowest BCUT2D eigenvalue weighted by Gasteiger charge is -2.19. The molecule has 0 aliphatic carbocycles. The molecule has 0 radical (unpaired) electrons. The predicted molar refractivity (Wildman–Crippen MR) is 133 cm³/mol. The van der Waals surface area contributed by atoms with Gasteiger partial charge in [-0.15, -0.1) is 11.3 Å². The number of rotatable bonds is 5. The van der Waals surface area contributed by atoms with Gasteiger partial charge in [-0.3, -0.25) is 9.89 Å². The first kappa shape index (κ1) is 21.5. The molecule has 1 aliphatic rings. The minimum Gasteiger partial charge on any atom is -0.308 e. The van der Waals surface area contributed by atoms with Gasteiger partial charge in [-0.1, -0.05) is 19.1 Å². The molecule has 0 saturated heterocycles. The van der Waals surface area contributed by atoms with E-state index in [2.05, 4.69) is 41.3 Å². The molecular weight excluding hydrogens is 452 g/mol. The number of hydrogen-bond acceptors (Lipinski definition) is 7. The highest BCUT2D eigenvalue weighted by Gasteiger charge is 2.21. The molecule has 0 saturated carbocycles. The van der Waals surface area contributed by atoms with Crippen LogP contribution in [-0.4, -0.2) is 39.0 Å². The molecule has 34 heavy (non-hydrogen) atoms. The van der Waals surface area contributed by atoms with Gasteiger partial charge >= 0.3 is 6.03 Å². The molecule has 170 valence electrons. The number of H-pyrrole nitrogens is 1. The summed E-state index contributed by atoms with van der Waals surface area (Å²) in [5, 5.41) is 20.4. The fourth-order valence-corrected chi connectivity index (χ4v) is 4.11. The van der Waals surface area contributed by atoms with Crippen LogP contribution in [-0.2, 0) is 4.79 Å². The maximum absolute atomic E-state index is 12.5. The van der Waals surface area contributed by atoms with E-state index in [-0.39, 0.29) is 17.9 Å². The second kappa shape index (κ2) is 9.24. The van der Waals surface area contributed by atoms with Crippen LogP contribution in [0.4, 0.5) is 21.3 Å². The number of hydrazone groups is 1. The molecule has 1 unspecified atom stereocenters. The van der Waals surface area contributed by atoms with Crippen LogP contribution in [0.2, 0.25) is 0 Å². The molecule has 0 bridgehead atoms. The van der Waals surface area contributed by atoms with E-state index >= 15 is 0 Å². The summed E-state index contributed by atoms with van der Waals surface area (Å²) in [6, 6.07) is 12.4. The van der Waals surface area contributed by atoms with E-state index in [4.69, 9.17) is 0 Å². The number of nitrogens with one attached hydrogen (secondary N) is 4. The summed E-state index contributed by atoms with van der Waals surface area (Å²) in [6.45, 7) is 1.96. The van der Waals surface area contributed by atoms with Crippen LogP contribution >= 0.6 is 11.3 Å². The Kier molecular flexibility index (Phi) is 5.83. The molecule has 1 atom stereocenters. The normalized spacial score (nSPS) is 15.9. The minimum absolute atomic E-state index is 0.0342. The molecule has 0 spiro atoms. The number of thiazole rings is 1. The first-order valence-electron chi connectivity index (χ1n) is 10.5. The molecule has 5 rings (SSSR count). The Bertz CT molecular complexity index is 1410. The maximum atomic E-state index is 12.5. The highest BCUT2D eigenvalue weighted by molar-refractivity contribution is 7.13. The molecule has 10 nitrogen and oxygen atoms in total. The lowest BCUT2D eigenvalue weighted by Crippen LogP contribution is -2.31. The van der Waals surface area contributed by atoms with Crippen molar-refractivity contribution in [2.24, 2.45) is 16.0 Å². The van der Waals surface area contributed by atoms with Crippen LogP contribution in [0.15, 0.2) is 64.1 Å². The first-order chi connectivity index (χ1) is 16.5. The molecule has 3 heterocycles. The number of amides is 3. The third-order valence-electron chi connectivity index (χ3n) is 5.26. The van der Waals surface area contributed by atoms with E-state index in [1.54, 1.807) is 36.7 Å². The molecule has 11 heteroatoms. The second-order valence-corrected chi connectivity index (χ2v) is 8.61. The zero-order chi connectivity index (χ0) is 23.5. The molecule has 1 aliphatic heterocycles. The predicted octanol–water partition coefficient (Wildman–Crippen LogP) is 4.27. The van der Waals surface area contributed by atoms with Crippen molar-refractivity contribution in [1.29, 1.82) is 0 Å². The monoisotopic (exact) mass is 472 g/mol. The largest absolute Gasteiger partial charge is 0.323 e. The number of hydrogen-bond donors (Lipinski definition) is 4. The molecule has 2 aromatic heterocycles. The van der Waals surface area contributed by atoms with Crippen LogP contribution in [0.25, 0.3) is 10.9 Å². The van der Waals surface area contributed by atoms with Crippen LogP contribution in [0, 0.1) is 5.92 Å². The number of fused-ring (bicyclic) bond motifs is 1. The van der Waals surface area contributed by atoms with Gasteiger partial charge in [-0.05, 0) is 35.9 Å². The first-order valence-corrected chi connectivity index (χ1v) is 11.4. The van der Waals surface area contributed by atoms with E-state index < -0.39 is 0 Å². The standard InChI is InChI=1S/C23H20N8O2S/c1-13-10-20(32)30-31-21(13)14-2-4-15(5-3-14)26-22(33)27-16-6-7-17-18(11-16)28-29-19(17)12-25-23-24-8-9-34-23/h2-9,11-13H,10H2,1H3,(H,28,29)(H,30,32)(H2,26,27,33). The highest BCUT2D eigenvalue weighted by atomic mass is 32.1. The fraction of sp³-hybridized carbons (Fsp3) is 0.130. The van der Waals surface area contributed by atoms with Gasteiger partial charge in [0.15, 0.2) is 0 Å². The Morgan fingerprint density at radius 2 is 1.97 bits per heavy atom. The molecule has 3 amide bonds. The number of aromatic nitrogens is 3. The van der Waals surface area contributed by atoms with E-state index in [1.807, 2.05) is 30.5 Å². The Morgan fingerprint density at radius 1 is 1.18 bits per heavy atom. The van der Waals surface area contributed by atoms with Crippen molar-refractivity contribution in [2.75, 3.05) is 10.6 Å². The zero-order valence-corrected chi connectivity index (χ0v) is 18.9. The smallest absolute Gasteiger partial charge is 0.308 e. The van der Waals surface area contributed by atoms with Crippen molar-refractivity contribution in [3.8, 4) is 0 Å². The highest BCUT2D eigenvalue weighted by Crippen LogP contribution is 2.22. The van der Waals surface area contributed by atoms with Crippen molar-refractivity contribution < 1.29 is 9.59 Å². The number of benzene rings is 2. The molecular formula is C23H20N8O2S. The number of urea groups is 1. The Balaban J connectivity index is 1.23. The minimum atomic E-state index is -0.371. The van der Waals surface area contributed by atoms with Crippen molar-refractivity contribution in [3.63, 3.8) is 0 Å². The fourth-order valence-electron chi connectivity index (χ4n) is 3.63. The van der Waals surface area contributed by atoms with Gasteiger partial charge in [0.05, 0.1) is 23.1 Å². The summed E-state index contributed by atoms with van der Waals surface area (Å²) in [5.41, 5.74) is 6.94. The second-order valence-electron chi connectivity index (χ2n) is 7.74. The number of aromatic amines is 1. The number of nitrogens with zero attached hydrogens (tertiary/aromatic N) is 4. The van der Waals surface area contributed by atoms with Gasteiger partial charge in [0.1, 0.15) is 0 Å². The average Bonchev–Trinajstić information content (AvgIpc) is 3.48. The van der Waals surface area contributed by atoms with E-state index in [0.29, 0.717) is 28.4 Å². The topological polar surface area (TPSA) is 137 Å². The van der Waals surface area contributed by atoms with Crippen molar-refractivity contribution in [1.82, 2.24) is 20.6 Å². The third kappa shape index (κ3) is 4.69. The molecule has 4 N–H and O–H groups in total.